The second-order valence-corrected chi connectivity index (χ2v) is 11.5. The Hall–Kier alpha value is -3.38. The lowest BCUT2D eigenvalue weighted by Crippen LogP contribution is -2.20. The maximum absolute atomic E-state index is 13.5. The number of hydrogen-bond acceptors (Lipinski definition) is 5. The van der Waals surface area contributed by atoms with E-state index in [1.807, 2.05) is 0 Å². The first-order valence-corrected chi connectivity index (χ1v) is 14.7. The number of methoxy groups -OCH3 is 1. The Bertz CT molecular complexity index is 1950. The number of halogens is 7. The summed E-state index contributed by atoms with van der Waals surface area (Å²) in [5.74, 6) is 0.642. The molecule has 0 fully saturated rings. The average molecular weight is 756 g/mol. The minimum Gasteiger partial charge on any atom is -0.493 e. The van der Waals surface area contributed by atoms with Crippen molar-refractivity contribution >= 4 is 72.2 Å². The van der Waals surface area contributed by atoms with Crippen molar-refractivity contribution in [1.82, 2.24) is 9.66 Å². The van der Waals surface area contributed by atoms with Gasteiger partial charge in [0.15, 0.2) is 17.3 Å². The summed E-state index contributed by atoms with van der Waals surface area (Å²) in [6, 6.07) is 17.8. The quantitative estimate of drug-likeness (QED) is 0.155. The summed E-state index contributed by atoms with van der Waals surface area (Å²) in [5.41, 5.74) is 0.116. The van der Waals surface area contributed by atoms with E-state index in [1.165, 1.54) is 25.5 Å². The van der Waals surface area contributed by atoms with E-state index >= 15 is 0 Å². The van der Waals surface area contributed by atoms with Gasteiger partial charge in [-0.2, -0.15) is 22.9 Å². The third-order valence-electron chi connectivity index (χ3n) is 6.28. The van der Waals surface area contributed by atoms with Crippen LogP contribution in [0.2, 0.25) is 10.0 Å². The molecule has 0 radical (unpaired) electrons. The van der Waals surface area contributed by atoms with Crippen LogP contribution in [-0.4, -0.2) is 23.0 Å². The lowest BCUT2D eigenvalue weighted by Gasteiger charge is -2.16. The lowest BCUT2D eigenvalue weighted by molar-refractivity contribution is -0.137. The Morgan fingerprint density at radius 3 is 2.49 bits per heavy atom. The summed E-state index contributed by atoms with van der Waals surface area (Å²) in [6.07, 6.45) is -3.22. The van der Waals surface area contributed by atoms with Crippen LogP contribution in [0.1, 0.15) is 16.7 Å². The first-order chi connectivity index (χ1) is 20.5. The third kappa shape index (κ3) is 6.59. The summed E-state index contributed by atoms with van der Waals surface area (Å²) in [5, 5.41) is 5.56. The molecule has 0 atom stereocenters. The monoisotopic (exact) mass is 753 g/mol. The largest absolute Gasteiger partial charge is 0.493 e. The van der Waals surface area contributed by atoms with Crippen LogP contribution in [0.5, 0.6) is 11.5 Å². The SMILES string of the molecule is COc1cc(C=Nn2c(-c3cccc(C(F)(F)F)c3)nc3ccccc3c2=O)c(Br)c(Br)c1OCc1ccc(Cl)cc1Cl. The molecule has 0 aliphatic rings. The van der Waals surface area contributed by atoms with Crippen LogP contribution in [0.3, 0.4) is 0 Å². The van der Waals surface area contributed by atoms with Crippen molar-refractivity contribution in [3.63, 3.8) is 0 Å². The van der Waals surface area contributed by atoms with Crippen molar-refractivity contribution in [2.45, 2.75) is 12.8 Å². The molecule has 0 aliphatic carbocycles. The number of nitrogens with zero attached hydrogens (tertiary/aromatic N) is 3. The summed E-state index contributed by atoms with van der Waals surface area (Å²) >= 11 is 19.3. The molecule has 0 N–H and O–H groups in total. The Morgan fingerprint density at radius 1 is 1.00 bits per heavy atom. The van der Waals surface area contributed by atoms with Crippen molar-refractivity contribution in [3.05, 3.63) is 119 Å². The second kappa shape index (κ2) is 12.7. The molecular formula is C30H18Br2Cl2F3N3O3. The summed E-state index contributed by atoms with van der Waals surface area (Å²) in [7, 11) is 1.46. The van der Waals surface area contributed by atoms with Gasteiger partial charge in [-0.15, -0.1) is 0 Å². The number of benzene rings is 4. The molecule has 0 unspecified atom stereocenters. The van der Waals surface area contributed by atoms with Gasteiger partial charge in [0.05, 0.1) is 34.3 Å². The summed E-state index contributed by atoms with van der Waals surface area (Å²) in [6.45, 7) is 0.114. The fourth-order valence-electron chi connectivity index (χ4n) is 4.15. The maximum atomic E-state index is 13.5. The minimum absolute atomic E-state index is 0.0620. The standard InChI is InChI=1S/C30H18Br2Cl2F3N3O3/c1-42-24-12-18(25(31)26(32)27(24)43-15-17-9-10-20(33)13-22(17)34)14-38-40-28(16-5-4-6-19(11-16)30(35,36)37)39-23-8-3-2-7-21(23)29(40)41/h2-14H,15H2,1H3. The van der Waals surface area contributed by atoms with Crippen LogP contribution < -0.4 is 15.0 Å². The van der Waals surface area contributed by atoms with E-state index in [9.17, 15) is 18.0 Å². The van der Waals surface area contributed by atoms with E-state index in [4.69, 9.17) is 32.7 Å². The van der Waals surface area contributed by atoms with Crippen LogP contribution in [0, 0.1) is 0 Å². The van der Waals surface area contributed by atoms with Crippen molar-refractivity contribution in [2.75, 3.05) is 7.11 Å². The van der Waals surface area contributed by atoms with Gasteiger partial charge in [0, 0.05) is 31.2 Å². The molecule has 220 valence electrons. The Balaban J connectivity index is 1.58. The molecule has 0 spiro atoms. The number of para-hydroxylation sites is 1. The molecule has 1 aromatic heterocycles. The van der Waals surface area contributed by atoms with Gasteiger partial charge in [-0.05, 0) is 74.3 Å². The lowest BCUT2D eigenvalue weighted by atomic mass is 10.1. The Morgan fingerprint density at radius 2 is 1.77 bits per heavy atom. The molecule has 1 heterocycles. The van der Waals surface area contributed by atoms with Crippen molar-refractivity contribution in [3.8, 4) is 22.9 Å². The molecule has 5 rings (SSSR count). The number of alkyl halides is 3. The van der Waals surface area contributed by atoms with Gasteiger partial charge >= 0.3 is 6.18 Å². The molecule has 13 heteroatoms. The zero-order valence-corrected chi connectivity index (χ0v) is 26.6. The number of hydrogen-bond donors (Lipinski definition) is 0. The highest BCUT2D eigenvalue weighted by molar-refractivity contribution is 9.13. The van der Waals surface area contributed by atoms with E-state index < -0.39 is 17.3 Å². The number of ether oxygens (including phenoxy) is 2. The first kappa shape index (κ1) is 31.1. The van der Waals surface area contributed by atoms with Gasteiger partial charge in [-0.1, -0.05) is 53.5 Å². The van der Waals surface area contributed by atoms with Gasteiger partial charge in [0.2, 0.25) is 0 Å². The van der Waals surface area contributed by atoms with E-state index in [-0.39, 0.29) is 23.4 Å². The predicted octanol–water partition coefficient (Wildman–Crippen LogP) is 9.38. The smallest absolute Gasteiger partial charge is 0.416 e. The van der Waals surface area contributed by atoms with Crippen LogP contribution in [0.15, 0.2) is 91.6 Å². The normalized spacial score (nSPS) is 11.8. The van der Waals surface area contributed by atoms with E-state index in [2.05, 4.69) is 41.9 Å². The predicted molar refractivity (Wildman–Crippen MR) is 169 cm³/mol. The molecule has 43 heavy (non-hydrogen) atoms. The minimum atomic E-state index is -4.59. The maximum Gasteiger partial charge on any atom is 0.416 e. The Kier molecular flexibility index (Phi) is 9.17. The van der Waals surface area contributed by atoms with Crippen LogP contribution in [0.25, 0.3) is 22.3 Å². The highest BCUT2D eigenvalue weighted by atomic mass is 79.9. The first-order valence-electron chi connectivity index (χ1n) is 12.3. The molecule has 4 aromatic carbocycles. The molecular weight excluding hydrogens is 738 g/mol. The van der Waals surface area contributed by atoms with E-state index in [0.717, 1.165) is 16.8 Å². The second-order valence-electron chi connectivity index (χ2n) is 9.04. The average Bonchev–Trinajstić information content (AvgIpc) is 2.98. The molecule has 0 bridgehead atoms. The van der Waals surface area contributed by atoms with Gasteiger partial charge in [0.25, 0.3) is 5.56 Å². The fourth-order valence-corrected chi connectivity index (χ4v) is 5.54. The van der Waals surface area contributed by atoms with Gasteiger partial charge < -0.3 is 9.47 Å². The van der Waals surface area contributed by atoms with Gasteiger partial charge in [-0.25, -0.2) is 4.98 Å². The summed E-state index contributed by atoms with van der Waals surface area (Å²) in [4.78, 5) is 18.0. The van der Waals surface area contributed by atoms with Gasteiger partial charge in [0.1, 0.15) is 6.61 Å². The number of fused-ring (bicyclic) bond motifs is 1. The number of rotatable bonds is 7. The van der Waals surface area contributed by atoms with E-state index in [0.29, 0.717) is 47.1 Å². The molecule has 0 aliphatic heterocycles. The van der Waals surface area contributed by atoms with E-state index in [1.54, 1.807) is 48.5 Å². The highest BCUT2D eigenvalue weighted by Crippen LogP contribution is 2.43. The molecule has 6 nitrogen and oxygen atoms in total. The van der Waals surface area contributed by atoms with Crippen LogP contribution in [0.4, 0.5) is 13.2 Å². The third-order valence-corrected chi connectivity index (χ3v) is 9.01. The molecule has 0 saturated heterocycles. The van der Waals surface area contributed by atoms with Crippen molar-refractivity contribution in [1.29, 1.82) is 0 Å². The molecule has 0 amide bonds. The summed E-state index contributed by atoms with van der Waals surface area (Å²) < 4.78 is 54.0. The topological polar surface area (TPSA) is 65.7 Å². The van der Waals surface area contributed by atoms with Crippen LogP contribution in [-0.2, 0) is 12.8 Å². The van der Waals surface area contributed by atoms with Gasteiger partial charge in [-0.3, -0.25) is 4.79 Å². The fraction of sp³-hybridized carbons (Fsp3) is 0.100. The zero-order chi connectivity index (χ0) is 30.9. The number of aromatic nitrogens is 2. The molecule has 0 saturated carbocycles. The van der Waals surface area contributed by atoms with Crippen molar-refractivity contribution in [2.24, 2.45) is 5.10 Å². The Labute approximate surface area is 269 Å². The van der Waals surface area contributed by atoms with Crippen molar-refractivity contribution < 1.29 is 22.6 Å². The highest BCUT2D eigenvalue weighted by Gasteiger charge is 2.31. The molecule has 5 aromatic rings. The zero-order valence-electron chi connectivity index (χ0n) is 21.9. The van der Waals surface area contributed by atoms with Crippen LogP contribution >= 0.6 is 55.1 Å².